The Hall–Kier alpha value is -2.65. The van der Waals surface area contributed by atoms with E-state index >= 15 is 0 Å². The summed E-state index contributed by atoms with van der Waals surface area (Å²) in [5.74, 6) is 0.931. The Bertz CT molecular complexity index is 797. The van der Waals surface area contributed by atoms with E-state index in [1.165, 1.54) is 11.1 Å². The van der Waals surface area contributed by atoms with E-state index in [1.54, 1.807) is 0 Å². The summed E-state index contributed by atoms with van der Waals surface area (Å²) in [4.78, 5) is 0. The lowest BCUT2D eigenvalue weighted by molar-refractivity contribution is -0.688. The van der Waals surface area contributed by atoms with Crippen LogP contribution in [0.1, 0.15) is 24.0 Å². The van der Waals surface area contributed by atoms with Crippen molar-refractivity contribution in [2.45, 2.75) is 38.2 Å². The highest BCUT2D eigenvalue weighted by Crippen LogP contribution is 2.28. The van der Waals surface area contributed by atoms with Gasteiger partial charge in [0, 0.05) is 30.5 Å². The molecule has 0 N–H and O–H groups in total. The largest absolute Gasteiger partial charge is 0.490 e. The van der Waals surface area contributed by atoms with E-state index in [0.29, 0.717) is 12.7 Å². The maximum absolute atomic E-state index is 6.04. The molecule has 0 amide bonds. The molecule has 0 unspecified atom stereocenters. The van der Waals surface area contributed by atoms with Gasteiger partial charge in [-0.1, -0.05) is 60.7 Å². The smallest absolute Gasteiger partial charge is 0.173 e. The van der Waals surface area contributed by atoms with Crippen molar-refractivity contribution in [2.24, 2.45) is 0 Å². The zero-order valence-corrected chi connectivity index (χ0v) is 14.8. The summed E-state index contributed by atoms with van der Waals surface area (Å²) >= 11 is 0. The third-order valence-corrected chi connectivity index (χ3v) is 4.75. The van der Waals surface area contributed by atoms with E-state index in [9.17, 15) is 0 Å². The van der Waals surface area contributed by atoms with Crippen LogP contribution in [0.25, 0.3) is 0 Å². The number of nitrogens with zero attached hydrogens (tertiary/aromatic N) is 1. The van der Waals surface area contributed by atoms with Crippen LogP contribution in [0, 0.1) is 0 Å². The Morgan fingerprint density at radius 1 is 0.731 bits per heavy atom. The highest BCUT2D eigenvalue weighted by molar-refractivity contribution is 5.17. The first-order valence-electron chi connectivity index (χ1n) is 9.20. The van der Waals surface area contributed by atoms with Gasteiger partial charge in [0.25, 0.3) is 0 Å². The molecule has 1 aliphatic carbocycles. The summed E-state index contributed by atoms with van der Waals surface area (Å²) in [6.45, 7) is 1.56. The van der Waals surface area contributed by atoms with Gasteiger partial charge in [-0.15, -0.1) is 0 Å². The van der Waals surface area contributed by atoms with Crippen LogP contribution < -0.4 is 9.30 Å². The minimum atomic E-state index is 0.265. The molecule has 2 aromatic carbocycles. The normalized spacial score (nSPS) is 18.9. The molecule has 0 spiro atoms. The van der Waals surface area contributed by atoms with E-state index in [2.05, 4.69) is 53.4 Å². The zero-order valence-electron chi connectivity index (χ0n) is 14.8. The number of hydrogen-bond acceptors (Lipinski definition) is 2. The van der Waals surface area contributed by atoms with Crippen LogP contribution in [0.15, 0.2) is 85.2 Å². The third kappa shape index (κ3) is 4.50. The minimum Gasteiger partial charge on any atom is -0.490 e. The van der Waals surface area contributed by atoms with Crippen LogP contribution in [-0.2, 0) is 17.9 Å². The fourth-order valence-electron chi connectivity index (χ4n) is 3.15. The highest BCUT2D eigenvalue weighted by Gasteiger charge is 2.31. The van der Waals surface area contributed by atoms with Gasteiger partial charge in [-0.25, -0.2) is 4.57 Å². The van der Waals surface area contributed by atoms with Crippen molar-refractivity contribution >= 4 is 0 Å². The van der Waals surface area contributed by atoms with Crippen LogP contribution in [0.2, 0.25) is 0 Å². The standard InChI is InChI=1S/C23H24NO2/c1-3-7-19(8-4-1)17-24-13-11-21(12-14-24)26-23-15-22(16-23)25-18-20-9-5-2-6-10-20/h1-14,22-23H,15-18H2/q+1. The van der Waals surface area contributed by atoms with E-state index in [-0.39, 0.29) is 6.10 Å². The van der Waals surface area contributed by atoms with E-state index < -0.39 is 0 Å². The average Bonchev–Trinajstić information content (AvgIpc) is 2.66. The summed E-state index contributed by atoms with van der Waals surface area (Å²) in [5.41, 5.74) is 2.52. The lowest BCUT2D eigenvalue weighted by Crippen LogP contribution is -2.39. The molecule has 3 heteroatoms. The van der Waals surface area contributed by atoms with Gasteiger partial charge >= 0.3 is 0 Å². The van der Waals surface area contributed by atoms with Crippen LogP contribution in [0.5, 0.6) is 5.75 Å². The van der Waals surface area contributed by atoms with Gasteiger partial charge in [0.05, 0.1) is 12.7 Å². The predicted molar refractivity (Wildman–Crippen MR) is 101 cm³/mol. The first-order chi connectivity index (χ1) is 12.8. The molecule has 0 aliphatic heterocycles. The summed E-state index contributed by atoms with van der Waals surface area (Å²) in [7, 11) is 0. The SMILES string of the molecule is c1ccc(COC2CC(Oc3cc[n+](Cc4ccccc4)cc3)C2)cc1. The minimum absolute atomic E-state index is 0.265. The molecule has 0 radical (unpaired) electrons. The fraction of sp³-hybridized carbons (Fsp3) is 0.261. The lowest BCUT2D eigenvalue weighted by atomic mass is 9.92. The number of ether oxygens (including phenoxy) is 2. The maximum Gasteiger partial charge on any atom is 0.173 e. The molecule has 1 aliphatic rings. The Morgan fingerprint density at radius 3 is 2.00 bits per heavy atom. The second-order valence-electron chi connectivity index (χ2n) is 6.82. The third-order valence-electron chi connectivity index (χ3n) is 4.75. The Labute approximate surface area is 154 Å². The molecule has 4 rings (SSSR count). The molecule has 1 fully saturated rings. The van der Waals surface area contributed by atoms with Gasteiger partial charge in [-0.2, -0.15) is 0 Å². The summed E-state index contributed by atoms with van der Waals surface area (Å²) in [5, 5.41) is 0. The number of hydrogen-bond donors (Lipinski definition) is 0. The van der Waals surface area contributed by atoms with Crippen LogP contribution in [-0.4, -0.2) is 12.2 Å². The summed E-state index contributed by atoms with van der Waals surface area (Å²) in [6.07, 6.45) is 6.65. The predicted octanol–water partition coefficient (Wildman–Crippen LogP) is 4.15. The zero-order chi connectivity index (χ0) is 17.6. The van der Waals surface area contributed by atoms with Gasteiger partial charge in [-0.05, 0) is 5.56 Å². The second-order valence-corrected chi connectivity index (χ2v) is 6.82. The lowest BCUT2D eigenvalue weighted by Gasteiger charge is -2.35. The average molecular weight is 346 g/mol. The molecule has 1 heterocycles. The highest BCUT2D eigenvalue weighted by atomic mass is 16.5. The molecule has 3 aromatic rings. The Kier molecular flexibility index (Phi) is 5.27. The molecule has 3 nitrogen and oxygen atoms in total. The number of aromatic nitrogens is 1. The van der Waals surface area contributed by atoms with Crippen molar-refractivity contribution in [1.82, 2.24) is 0 Å². The van der Waals surface area contributed by atoms with Crippen molar-refractivity contribution in [2.75, 3.05) is 0 Å². The Morgan fingerprint density at radius 2 is 1.35 bits per heavy atom. The molecule has 1 saturated carbocycles. The van der Waals surface area contributed by atoms with Crippen molar-refractivity contribution in [3.05, 3.63) is 96.3 Å². The maximum atomic E-state index is 6.04. The van der Waals surface area contributed by atoms with Gasteiger partial charge in [0.2, 0.25) is 0 Å². The topological polar surface area (TPSA) is 22.3 Å². The van der Waals surface area contributed by atoms with E-state index in [1.807, 2.05) is 36.4 Å². The van der Waals surface area contributed by atoms with Crippen molar-refractivity contribution < 1.29 is 14.0 Å². The van der Waals surface area contributed by atoms with Gasteiger partial charge in [-0.3, -0.25) is 0 Å². The summed E-state index contributed by atoms with van der Waals surface area (Å²) in [6, 6.07) is 24.9. The number of benzene rings is 2. The van der Waals surface area contributed by atoms with Crippen LogP contribution in [0.4, 0.5) is 0 Å². The molecule has 0 bridgehead atoms. The van der Waals surface area contributed by atoms with Gasteiger partial charge in [0.15, 0.2) is 18.9 Å². The molecule has 26 heavy (non-hydrogen) atoms. The monoisotopic (exact) mass is 346 g/mol. The van der Waals surface area contributed by atoms with E-state index in [4.69, 9.17) is 9.47 Å². The van der Waals surface area contributed by atoms with Crippen LogP contribution >= 0.6 is 0 Å². The first kappa shape index (κ1) is 16.8. The first-order valence-corrected chi connectivity index (χ1v) is 9.20. The van der Waals surface area contributed by atoms with E-state index in [0.717, 1.165) is 25.1 Å². The van der Waals surface area contributed by atoms with Crippen molar-refractivity contribution in [3.8, 4) is 5.75 Å². The molecule has 0 atom stereocenters. The number of rotatable bonds is 7. The van der Waals surface area contributed by atoms with Crippen molar-refractivity contribution in [1.29, 1.82) is 0 Å². The molecule has 1 aromatic heterocycles. The molecule has 0 saturated heterocycles. The van der Waals surface area contributed by atoms with Crippen molar-refractivity contribution in [3.63, 3.8) is 0 Å². The number of pyridine rings is 1. The fourth-order valence-corrected chi connectivity index (χ4v) is 3.15. The van der Waals surface area contributed by atoms with Gasteiger partial charge in [0.1, 0.15) is 11.9 Å². The van der Waals surface area contributed by atoms with Crippen LogP contribution in [0.3, 0.4) is 0 Å². The quantitative estimate of drug-likeness (QED) is 0.600. The summed E-state index contributed by atoms with van der Waals surface area (Å²) < 4.78 is 14.1. The Balaban J connectivity index is 1.21. The molecular formula is C23H24NO2+. The second kappa shape index (κ2) is 8.15. The molecule has 132 valence electrons. The molecular weight excluding hydrogens is 322 g/mol. The van der Waals surface area contributed by atoms with Gasteiger partial charge < -0.3 is 9.47 Å².